The monoisotopic (exact) mass is 404 g/mol. The van der Waals surface area contributed by atoms with Crippen LogP contribution in [0.1, 0.15) is 57.5 Å². The van der Waals surface area contributed by atoms with Crippen molar-refractivity contribution < 1.29 is 15.0 Å². The molecule has 28 heavy (non-hydrogen) atoms. The van der Waals surface area contributed by atoms with Gasteiger partial charge in [0.2, 0.25) is 0 Å². The van der Waals surface area contributed by atoms with Gasteiger partial charge in [0.1, 0.15) is 12.5 Å². The normalized spacial score (nSPS) is 25.2. The average molecular weight is 405 g/mol. The summed E-state index contributed by atoms with van der Waals surface area (Å²) >= 11 is 1.68. The highest BCUT2D eigenvalue weighted by atomic mass is 32.1. The Hall–Kier alpha value is -1.93. The zero-order chi connectivity index (χ0) is 20.3. The largest absolute Gasteiger partial charge is 0.465 e. The number of hydrogen-bond acceptors (Lipinski definition) is 6. The van der Waals surface area contributed by atoms with Crippen molar-refractivity contribution in [2.75, 3.05) is 18.1 Å². The van der Waals surface area contributed by atoms with Crippen LogP contribution in [0.3, 0.4) is 0 Å². The molecule has 1 aliphatic heterocycles. The Balaban J connectivity index is 1.71. The predicted octanol–water partition coefficient (Wildman–Crippen LogP) is 3.54. The van der Waals surface area contributed by atoms with Crippen molar-refractivity contribution >= 4 is 28.4 Å². The number of hydrogen-bond donors (Lipinski definition) is 2. The van der Waals surface area contributed by atoms with Crippen molar-refractivity contribution in [2.24, 2.45) is 10.9 Å². The standard InChI is InChI=1S/C20H28N4O3S/c1-19(2)9-13(25)20(3,4)15-16(19)28-17(22-15)24(10-12-5-6-12)14-7-8-23(11-21-14)18(26)27/h7-8,12-13,25H,5-6,9-11H2,1-4H3,(H,26,27). The van der Waals surface area contributed by atoms with Crippen LogP contribution >= 0.6 is 11.3 Å². The Morgan fingerprint density at radius 3 is 2.64 bits per heavy atom. The molecule has 0 bridgehead atoms. The number of aromatic nitrogens is 1. The van der Waals surface area contributed by atoms with Crippen LogP contribution in [0.4, 0.5) is 9.93 Å². The molecule has 2 N–H and O–H groups in total. The lowest BCUT2D eigenvalue weighted by molar-refractivity contribution is 0.0575. The maximum absolute atomic E-state index is 11.2. The quantitative estimate of drug-likeness (QED) is 0.804. The second kappa shape index (κ2) is 6.56. The summed E-state index contributed by atoms with van der Waals surface area (Å²) in [6, 6.07) is 0. The molecule has 0 spiro atoms. The van der Waals surface area contributed by atoms with E-state index in [2.05, 4.69) is 37.6 Å². The third kappa shape index (κ3) is 3.33. The van der Waals surface area contributed by atoms with Crippen molar-refractivity contribution in [3.63, 3.8) is 0 Å². The second-order valence-electron chi connectivity index (χ2n) is 9.28. The van der Waals surface area contributed by atoms with Gasteiger partial charge in [0, 0.05) is 28.5 Å². The number of thiazole rings is 1. The number of nitrogens with zero attached hydrogens (tertiary/aromatic N) is 4. The number of fused-ring (bicyclic) bond motifs is 1. The van der Waals surface area contributed by atoms with E-state index in [-0.39, 0.29) is 12.1 Å². The summed E-state index contributed by atoms with van der Waals surface area (Å²) in [7, 11) is 0. The summed E-state index contributed by atoms with van der Waals surface area (Å²) in [4.78, 5) is 25.2. The van der Waals surface area contributed by atoms with Gasteiger partial charge in [-0.25, -0.2) is 14.8 Å². The molecule has 0 radical (unpaired) electrons. The van der Waals surface area contributed by atoms with Gasteiger partial charge in [-0.05, 0) is 31.3 Å². The molecule has 3 aliphatic rings. The third-order valence-corrected chi connectivity index (χ3v) is 7.50. The molecule has 1 aromatic rings. The summed E-state index contributed by atoms with van der Waals surface area (Å²) in [5.74, 6) is 1.38. The molecule has 1 unspecified atom stereocenters. The van der Waals surface area contributed by atoms with E-state index in [9.17, 15) is 9.90 Å². The molecule has 4 rings (SSSR count). The molecule has 1 amide bonds. The SMILES string of the molecule is CC1(C)CC(O)C(C)(C)c2nc(N(CC3CC3)C3=NCN(C(=O)O)C=C3)sc21. The van der Waals surface area contributed by atoms with E-state index >= 15 is 0 Å². The first-order chi connectivity index (χ1) is 13.1. The second-order valence-corrected chi connectivity index (χ2v) is 10.3. The summed E-state index contributed by atoms with van der Waals surface area (Å²) < 4.78 is 0. The number of carbonyl (C=O) groups is 1. The number of aliphatic imine (C=N–C) groups is 1. The molecule has 2 heterocycles. The number of rotatable bonds is 3. The predicted molar refractivity (Wildman–Crippen MR) is 110 cm³/mol. The highest BCUT2D eigenvalue weighted by Gasteiger charge is 2.47. The fraction of sp³-hybridized carbons (Fsp3) is 0.650. The number of amidine groups is 1. The van der Waals surface area contributed by atoms with Gasteiger partial charge in [0.05, 0.1) is 11.8 Å². The highest BCUT2D eigenvalue weighted by molar-refractivity contribution is 7.16. The first-order valence-electron chi connectivity index (χ1n) is 9.79. The minimum Gasteiger partial charge on any atom is -0.465 e. The van der Waals surface area contributed by atoms with Gasteiger partial charge in [-0.1, -0.05) is 27.7 Å². The average Bonchev–Trinajstić information content (AvgIpc) is 3.32. The summed E-state index contributed by atoms with van der Waals surface area (Å²) in [6.45, 7) is 9.39. The Morgan fingerprint density at radius 1 is 1.36 bits per heavy atom. The number of anilines is 1. The topological polar surface area (TPSA) is 89.3 Å². The summed E-state index contributed by atoms with van der Waals surface area (Å²) in [5, 5.41) is 20.7. The molecule has 1 atom stereocenters. The van der Waals surface area contributed by atoms with Crippen molar-refractivity contribution in [3.05, 3.63) is 22.8 Å². The maximum Gasteiger partial charge on any atom is 0.412 e. The Morgan fingerprint density at radius 2 is 2.07 bits per heavy atom. The number of aliphatic hydroxyl groups excluding tert-OH is 1. The van der Waals surface area contributed by atoms with Gasteiger partial charge < -0.3 is 15.1 Å². The van der Waals surface area contributed by atoms with Crippen LogP contribution in [0, 0.1) is 5.92 Å². The lowest BCUT2D eigenvalue weighted by Crippen LogP contribution is -2.44. The van der Waals surface area contributed by atoms with E-state index in [0.717, 1.165) is 28.1 Å². The number of aliphatic hydroxyl groups is 1. The molecule has 0 aromatic carbocycles. The van der Waals surface area contributed by atoms with Crippen LogP contribution in [0.2, 0.25) is 0 Å². The van der Waals surface area contributed by atoms with E-state index in [0.29, 0.717) is 12.3 Å². The molecule has 152 valence electrons. The fourth-order valence-corrected chi connectivity index (χ4v) is 5.20. The van der Waals surface area contributed by atoms with Crippen LogP contribution in [0.25, 0.3) is 0 Å². The lowest BCUT2D eigenvalue weighted by atomic mass is 9.67. The van der Waals surface area contributed by atoms with Gasteiger partial charge in [-0.2, -0.15) is 0 Å². The van der Waals surface area contributed by atoms with Crippen LogP contribution in [0.15, 0.2) is 17.3 Å². The third-order valence-electron chi connectivity index (χ3n) is 6.06. The van der Waals surface area contributed by atoms with Gasteiger partial charge in [0.15, 0.2) is 5.13 Å². The smallest absolute Gasteiger partial charge is 0.412 e. The van der Waals surface area contributed by atoms with E-state index in [1.54, 1.807) is 23.6 Å². The van der Waals surface area contributed by atoms with Crippen molar-refractivity contribution in [2.45, 2.75) is 63.9 Å². The molecule has 2 aliphatic carbocycles. The van der Waals surface area contributed by atoms with Gasteiger partial charge in [0.25, 0.3) is 0 Å². The van der Waals surface area contributed by atoms with E-state index in [1.165, 1.54) is 17.7 Å². The van der Waals surface area contributed by atoms with E-state index in [1.807, 2.05) is 0 Å². The van der Waals surface area contributed by atoms with Crippen molar-refractivity contribution in [3.8, 4) is 0 Å². The molecule has 7 nitrogen and oxygen atoms in total. The first-order valence-corrected chi connectivity index (χ1v) is 10.6. The summed E-state index contributed by atoms with van der Waals surface area (Å²) in [6.07, 6.45) is 5.01. The number of amides is 1. The maximum atomic E-state index is 11.2. The zero-order valence-corrected chi connectivity index (χ0v) is 17.7. The van der Waals surface area contributed by atoms with Crippen LogP contribution in [0.5, 0.6) is 0 Å². The van der Waals surface area contributed by atoms with Gasteiger partial charge in [-0.15, -0.1) is 11.3 Å². The fourth-order valence-electron chi connectivity index (χ4n) is 3.84. The molecule has 8 heteroatoms. The minimum atomic E-state index is -1.00. The Bertz CT molecular complexity index is 854. The van der Waals surface area contributed by atoms with Gasteiger partial charge >= 0.3 is 6.09 Å². The van der Waals surface area contributed by atoms with Crippen LogP contribution in [-0.4, -0.2) is 51.3 Å². The molecular weight excluding hydrogens is 376 g/mol. The Kier molecular flexibility index (Phi) is 4.54. The Labute approximate surface area is 169 Å². The zero-order valence-electron chi connectivity index (χ0n) is 16.8. The van der Waals surface area contributed by atoms with E-state index in [4.69, 9.17) is 10.1 Å². The first kappa shape index (κ1) is 19.4. The molecule has 0 saturated heterocycles. The lowest BCUT2D eigenvalue weighted by Gasteiger charge is -2.41. The van der Waals surface area contributed by atoms with Crippen LogP contribution < -0.4 is 4.90 Å². The minimum absolute atomic E-state index is 0.100. The molecular formula is C20H28N4O3S. The highest BCUT2D eigenvalue weighted by Crippen LogP contribution is 2.50. The molecule has 1 fully saturated rings. The van der Waals surface area contributed by atoms with Gasteiger partial charge in [-0.3, -0.25) is 4.90 Å². The van der Waals surface area contributed by atoms with Crippen molar-refractivity contribution in [1.29, 1.82) is 0 Å². The van der Waals surface area contributed by atoms with E-state index < -0.39 is 17.6 Å². The molecule has 1 saturated carbocycles. The molecule has 1 aromatic heterocycles. The van der Waals surface area contributed by atoms with Crippen molar-refractivity contribution in [1.82, 2.24) is 9.88 Å². The summed E-state index contributed by atoms with van der Waals surface area (Å²) in [5.41, 5.74) is 0.454. The van der Waals surface area contributed by atoms with Crippen LogP contribution in [-0.2, 0) is 10.8 Å². The number of carboxylic acid groups (broad SMARTS) is 1.